The zero-order valence-electron chi connectivity index (χ0n) is 18.4. The first kappa shape index (κ1) is 22.3. The standard InChI is InChI=1S/C26H28N2O3S/c1-18-9-10-20(23(14-18)26(30)19-6-2-3-7-19)15-22(29)16-25-28-21(17-32-25)11-13-31-24-8-4-5-12-27-24/h4-5,8-10,12,14,17,19H,2-3,6-7,11,13,15-16H2,1H3. The number of carbonyl (C=O) groups is 2. The largest absolute Gasteiger partial charge is 0.477 e. The Hall–Kier alpha value is -2.86. The van der Waals surface area contributed by atoms with E-state index in [1.54, 1.807) is 6.20 Å². The molecular weight excluding hydrogens is 420 g/mol. The Morgan fingerprint density at radius 1 is 1.12 bits per heavy atom. The normalized spacial score (nSPS) is 13.9. The van der Waals surface area contributed by atoms with Crippen LogP contribution in [0.15, 0.2) is 48.0 Å². The summed E-state index contributed by atoms with van der Waals surface area (Å²) in [6.45, 7) is 2.48. The second kappa shape index (κ2) is 10.6. The highest BCUT2D eigenvalue weighted by molar-refractivity contribution is 7.09. The van der Waals surface area contributed by atoms with Crippen LogP contribution in [-0.2, 0) is 24.1 Å². The van der Waals surface area contributed by atoms with Crippen LogP contribution in [0, 0.1) is 12.8 Å². The lowest BCUT2D eigenvalue weighted by Gasteiger charge is -2.13. The number of ether oxygens (including phenoxy) is 1. The van der Waals surface area contributed by atoms with Crippen LogP contribution < -0.4 is 4.74 Å². The van der Waals surface area contributed by atoms with Crippen LogP contribution in [0.3, 0.4) is 0 Å². The van der Waals surface area contributed by atoms with Crippen molar-refractivity contribution in [2.45, 2.75) is 51.9 Å². The van der Waals surface area contributed by atoms with E-state index in [2.05, 4.69) is 9.97 Å². The van der Waals surface area contributed by atoms with E-state index < -0.39 is 0 Å². The fourth-order valence-electron chi connectivity index (χ4n) is 4.16. The Kier molecular flexibility index (Phi) is 7.43. The summed E-state index contributed by atoms with van der Waals surface area (Å²) in [5, 5.41) is 2.78. The van der Waals surface area contributed by atoms with Gasteiger partial charge in [0.05, 0.1) is 18.7 Å². The van der Waals surface area contributed by atoms with Crippen molar-refractivity contribution in [3.05, 3.63) is 75.4 Å². The summed E-state index contributed by atoms with van der Waals surface area (Å²) in [4.78, 5) is 34.5. The van der Waals surface area contributed by atoms with Crippen molar-refractivity contribution in [1.29, 1.82) is 0 Å². The second-order valence-electron chi connectivity index (χ2n) is 8.40. The number of pyridine rings is 1. The zero-order valence-corrected chi connectivity index (χ0v) is 19.2. The number of Topliss-reactive ketones (excluding diaryl/α,β-unsaturated/α-hetero) is 2. The lowest BCUT2D eigenvalue weighted by Crippen LogP contribution is -2.16. The second-order valence-corrected chi connectivity index (χ2v) is 9.34. The third-order valence-electron chi connectivity index (χ3n) is 5.84. The molecule has 6 heteroatoms. The molecule has 2 heterocycles. The zero-order chi connectivity index (χ0) is 22.3. The van der Waals surface area contributed by atoms with Crippen molar-refractivity contribution in [3.63, 3.8) is 0 Å². The molecule has 0 radical (unpaired) electrons. The molecule has 1 saturated carbocycles. The van der Waals surface area contributed by atoms with Gasteiger partial charge in [0.2, 0.25) is 5.88 Å². The van der Waals surface area contributed by atoms with Crippen molar-refractivity contribution >= 4 is 22.9 Å². The molecule has 166 valence electrons. The van der Waals surface area contributed by atoms with E-state index in [0.717, 1.165) is 53.1 Å². The molecular formula is C26H28N2O3S. The average Bonchev–Trinajstić information content (AvgIpc) is 3.48. The summed E-state index contributed by atoms with van der Waals surface area (Å²) in [5.41, 5.74) is 3.55. The molecule has 0 saturated heterocycles. The Morgan fingerprint density at radius 3 is 2.75 bits per heavy atom. The van der Waals surface area contributed by atoms with Crippen LogP contribution in [0.1, 0.15) is 57.9 Å². The predicted molar refractivity (Wildman–Crippen MR) is 125 cm³/mol. The topological polar surface area (TPSA) is 69.2 Å². The smallest absolute Gasteiger partial charge is 0.213 e. The highest BCUT2D eigenvalue weighted by atomic mass is 32.1. The number of aryl methyl sites for hydroxylation is 1. The molecule has 3 aromatic rings. The number of carbonyl (C=O) groups excluding carboxylic acids is 2. The average molecular weight is 449 g/mol. The third kappa shape index (κ3) is 5.88. The van der Waals surface area contributed by atoms with Crippen LogP contribution in [0.2, 0.25) is 0 Å². The van der Waals surface area contributed by atoms with E-state index in [9.17, 15) is 9.59 Å². The maximum Gasteiger partial charge on any atom is 0.213 e. The first-order chi connectivity index (χ1) is 15.6. The van der Waals surface area contributed by atoms with E-state index in [-0.39, 0.29) is 30.3 Å². The Bertz CT molecular complexity index is 1070. The van der Waals surface area contributed by atoms with Crippen LogP contribution in [0.25, 0.3) is 0 Å². The summed E-state index contributed by atoms with van der Waals surface area (Å²) >= 11 is 1.50. The van der Waals surface area contributed by atoms with Crippen LogP contribution in [0.4, 0.5) is 0 Å². The maximum absolute atomic E-state index is 13.0. The van der Waals surface area contributed by atoms with Gasteiger partial charge in [-0.15, -0.1) is 11.3 Å². The summed E-state index contributed by atoms with van der Waals surface area (Å²) in [6, 6.07) is 11.4. The lowest BCUT2D eigenvalue weighted by atomic mass is 9.90. The van der Waals surface area contributed by atoms with E-state index >= 15 is 0 Å². The summed E-state index contributed by atoms with van der Waals surface area (Å²) < 4.78 is 5.62. The van der Waals surface area contributed by atoms with Crippen molar-refractivity contribution < 1.29 is 14.3 Å². The summed E-state index contributed by atoms with van der Waals surface area (Å²) in [5.74, 6) is 0.998. The predicted octanol–water partition coefficient (Wildman–Crippen LogP) is 5.20. The van der Waals surface area contributed by atoms with Crippen LogP contribution in [0.5, 0.6) is 5.88 Å². The minimum atomic E-state index is 0.0833. The SMILES string of the molecule is Cc1ccc(CC(=O)Cc2nc(CCOc3ccccn3)cs2)c(C(=O)C2CCCC2)c1. The highest BCUT2D eigenvalue weighted by Crippen LogP contribution is 2.29. The molecule has 5 nitrogen and oxygen atoms in total. The quantitative estimate of drug-likeness (QED) is 0.399. The number of thiazole rings is 1. The van der Waals surface area contributed by atoms with E-state index in [1.165, 1.54) is 11.3 Å². The highest BCUT2D eigenvalue weighted by Gasteiger charge is 2.26. The molecule has 32 heavy (non-hydrogen) atoms. The van der Waals surface area contributed by atoms with Gasteiger partial charge in [-0.25, -0.2) is 9.97 Å². The minimum absolute atomic E-state index is 0.0833. The van der Waals surface area contributed by atoms with Gasteiger partial charge in [-0.05, 0) is 37.5 Å². The molecule has 0 atom stereocenters. The van der Waals surface area contributed by atoms with E-state index in [1.807, 2.05) is 48.7 Å². The van der Waals surface area contributed by atoms with Crippen LogP contribution >= 0.6 is 11.3 Å². The Labute approximate surface area is 192 Å². The third-order valence-corrected chi connectivity index (χ3v) is 6.74. The molecule has 0 N–H and O–H groups in total. The Balaban J connectivity index is 1.33. The first-order valence-electron chi connectivity index (χ1n) is 11.2. The molecule has 2 aromatic heterocycles. The maximum atomic E-state index is 13.0. The van der Waals surface area contributed by atoms with Gasteiger partial charge < -0.3 is 4.74 Å². The molecule has 1 aliphatic carbocycles. The number of rotatable bonds is 10. The summed E-state index contributed by atoms with van der Waals surface area (Å²) in [7, 11) is 0. The van der Waals surface area contributed by atoms with E-state index in [4.69, 9.17) is 4.74 Å². The van der Waals surface area contributed by atoms with Gasteiger partial charge >= 0.3 is 0 Å². The molecule has 0 aliphatic heterocycles. The van der Waals surface area contributed by atoms with E-state index in [0.29, 0.717) is 18.9 Å². The number of hydrogen-bond acceptors (Lipinski definition) is 6. The van der Waals surface area contributed by atoms with Gasteiger partial charge in [-0.2, -0.15) is 0 Å². The fraction of sp³-hybridized carbons (Fsp3) is 0.385. The van der Waals surface area contributed by atoms with Crippen LogP contribution in [-0.4, -0.2) is 28.1 Å². The van der Waals surface area contributed by atoms with Gasteiger partial charge in [0, 0.05) is 42.0 Å². The van der Waals surface area contributed by atoms with Gasteiger partial charge in [0.1, 0.15) is 10.8 Å². The molecule has 0 spiro atoms. The first-order valence-corrected chi connectivity index (χ1v) is 12.1. The van der Waals surface area contributed by atoms with Gasteiger partial charge in [0.15, 0.2) is 5.78 Å². The molecule has 0 bridgehead atoms. The molecule has 1 fully saturated rings. The van der Waals surface area contributed by atoms with Gasteiger partial charge in [0.25, 0.3) is 0 Å². The van der Waals surface area contributed by atoms with Crippen molar-refractivity contribution in [2.24, 2.45) is 5.92 Å². The monoisotopic (exact) mass is 448 g/mol. The lowest BCUT2D eigenvalue weighted by molar-refractivity contribution is -0.117. The fourth-order valence-corrected chi connectivity index (χ4v) is 5.02. The number of ketones is 2. The van der Waals surface area contributed by atoms with Crippen molar-refractivity contribution in [3.8, 4) is 5.88 Å². The van der Waals surface area contributed by atoms with Gasteiger partial charge in [-0.3, -0.25) is 9.59 Å². The molecule has 0 amide bonds. The van der Waals surface area contributed by atoms with Gasteiger partial charge in [-0.1, -0.05) is 36.6 Å². The van der Waals surface area contributed by atoms with Crippen molar-refractivity contribution in [1.82, 2.24) is 9.97 Å². The number of benzene rings is 1. The molecule has 1 aromatic carbocycles. The molecule has 0 unspecified atom stereocenters. The molecule has 1 aliphatic rings. The number of nitrogens with zero attached hydrogens (tertiary/aromatic N) is 2. The Morgan fingerprint density at radius 2 is 1.97 bits per heavy atom. The van der Waals surface area contributed by atoms with Crippen molar-refractivity contribution in [2.75, 3.05) is 6.61 Å². The summed E-state index contributed by atoms with van der Waals surface area (Å²) in [6.07, 6.45) is 7.09. The molecule has 4 rings (SSSR count). The number of hydrogen-bond donors (Lipinski definition) is 0. The number of aromatic nitrogens is 2. The minimum Gasteiger partial charge on any atom is -0.477 e.